The van der Waals surface area contributed by atoms with Crippen molar-refractivity contribution in [1.29, 1.82) is 0 Å². The zero-order chi connectivity index (χ0) is 14.5. The van der Waals surface area contributed by atoms with Crippen LogP contribution in [0, 0.1) is 0 Å². The number of benzene rings is 1. The number of H-pyrrole nitrogens is 1. The standard InChI is InChI=1S/C14H17BN2O3/c1-13(2)14(3,4)20-15(19-13)9-5-6-11-10(7-9)12(18)17-8-16-11/h5-8H,1-4H3,(H,16,17,18). The number of rotatable bonds is 1. The summed E-state index contributed by atoms with van der Waals surface area (Å²) >= 11 is 0. The largest absolute Gasteiger partial charge is 0.494 e. The predicted octanol–water partition coefficient (Wildman–Crippen LogP) is 1.22. The van der Waals surface area contributed by atoms with Gasteiger partial charge < -0.3 is 14.3 Å². The Morgan fingerprint density at radius 1 is 1.15 bits per heavy atom. The monoisotopic (exact) mass is 272 g/mol. The molecule has 0 atom stereocenters. The topological polar surface area (TPSA) is 64.2 Å². The molecule has 20 heavy (non-hydrogen) atoms. The van der Waals surface area contributed by atoms with Crippen LogP contribution in [0.2, 0.25) is 0 Å². The highest BCUT2D eigenvalue weighted by molar-refractivity contribution is 6.62. The van der Waals surface area contributed by atoms with E-state index < -0.39 is 18.3 Å². The van der Waals surface area contributed by atoms with Gasteiger partial charge in [0.1, 0.15) is 0 Å². The van der Waals surface area contributed by atoms with Crippen LogP contribution in [0.1, 0.15) is 27.7 Å². The van der Waals surface area contributed by atoms with Gasteiger partial charge in [-0.2, -0.15) is 0 Å². The molecule has 1 aliphatic heterocycles. The van der Waals surface area contributed by atoms with Crippen molar-refractivity contribution < 1.29 is 9.31 Å². The van der Waals surface area contributed by atoms with Crippen LogP contribution in [0.4, 0.5) is 0 Å². The molecule has 104 valence electrons. The van der Waals surface area contributed by atoms with Gasteiger partial charge in [-0.1, -0.05) is 6.07 Å². The number of nitrogens with one attached hydrogen (secondary N) is 1. The summed E-state index contributed by atoms with van der Waals surface area (Å²) < 4.78 is 12.0. The zero-order valence-corrected chi connectivity index (χ0v) is 12.1. The predicted molar refractivity (Wildman–Crippen MR) is 78.1 cm³/mol. The van der Waals surface area contributed by atoms with E-state index >= 15 is 0 Å². The van der Waals surface area contributed by atoms with Gasteiger partial charge in [-0.25, -0.2) is 4.98 Å². The maximum absolute atomic E-state index is 11.8. The summed E-state index contributed by atoms with van der Waals surface area (Å²) in [7, 11) is -0.469. The van der Waals surface area contributed by atoms with Crippen LogP contribution in [-0.2, 0) is 9.31 Å². The third-order valence-electron chi connectivity index (χ3n) is 4.19. The average molecular weight is 272 g/mol. The van der Waals surface area contributed by atoms with Crippen molar-refractivity contribution in [2.75, 3.05) is 0 Å². The van der Waals surface area contributed by atoms with Gasteiger partial charge in [-0.15, -0.1) is 0 Å². The van der Waals surface area contributed by atoms with Gasteiger partial charge in [0.2, 0.25) is 0 Å². The van der Waals surface area contributed by atoms with E-state index in [0.717, 1.165) is 5.46 Å². The second-order valence-corrected chi connectivity index (χ2v) is 6.10. The van der Waals surface area contributed by atoms with Crippen LogP contribution in [0.25, 0.3) is 10.9 Å². The summed E-state index contributed by atoms with van der Waals surface area (Å²) in [5.41, 5.74) is 0.541. The van der Waals surface area contributed by atoms with E-state index in [1.165, 1.54) is 6.33 Å². The Hall–Kier alpha value is -1.66. The first-order chi connectivity index (χ1) is 9.30. The molecule has 0 radical (unpaired) electrons. The first kappa shape index (κ1) is 13.3. The van der Waals surface area contributed by atoms with Gasteiger partial charge >= 0.3 is 7.12 Å². The molecule has 0 aliphatic carbocycles. The smallest absolute Gasteiger partial charge is 0.399 e. The van der Waals surface area contributed by atoms with E-state index in [9.17, 15) is 4.79 Å². The fourth-order valence-electron chi connectivity index (χ4n) is 2.21. The van der Waals surface area contributed by atoms with E-state index in [0.29, 0.717) is 10.9 Å². The van der Waals surface area contributed by atoms with Crippen molar-refractivity contribution in [3.8, 4) is 0 Å². The van der Waals surface area contributed by atoms with Gasteiger partial charge in [0.05, 0.1) is 28.4 Å². The summed E-state index contributed by atoms with van der Waals surface area (Å²) in [6.45, 7) is 8.01. The van der Waals surface area contributed by atoms with Crippen molar-refractivity contribution in [1.82, 2.24) is 9.97 Å². The third kappa shape index (κ3) is 1.96. The number of aromatic amines is 1. The lowest BCUT2D eigenvalue weighted by Gasteiger charge is -2.32. The van der Waals surface area contributed by atoms with Crippen molar-refractivity contribution in [2.45, 2.75) is 38.9 Å². The molecule has 3 rings (SSSR count). The maximum Gasteiger partial charge on any atom is 0.494 e. The molecule has 0 bridgehead atoms. The Kier molecular flexibility index (Phi) is 2.78. The van der Waals surface area contributed by atoms with Gasteiger partial charge in [-0.3, -0.25) is 4.79 Å². The molecule has 0 amide bonds. The summed E-state index contributed by atoms with van der Waals surface area (Å²) in [6.07, 6.45) is 1.40. The highest BCUT2D eigenvalue weighted by Gasteiger charge is 2.51. The van der Waals surface area contributed by atoms with Crippen molar-refractivity contribution in [3.05, 3.63) is 34.9 Å². The average Bonchev–Trinajstić information content (AvgIpc) is 2.59. The molecule has 5 nitrogen and oxygen atoms in total. The highest BCUT2D eigenvalue weighted by Crippen LogP contribution is 2.36. The van der Waals surface area contributed by atoms with Crippen molar-refractivity contribution in [2.24, 2.45) is 0 Å². The fourth-order valence-corrected chi connectivity index (χ4v) is 2.21. The minimum absolute atomic E-state index is 0.159. The summed E-state index contributed by atoms with van der Waals surface area (Å²) in [5, 5.41) is 0.541. The lowest BCUT2D eigenvalue weighted by atomic mass is 9.78. The molecule has 1 saturated heterocycles. The molecule has 6 heteroatoms. The minimum Gasteiger partial charge on any atom is -0.399 e. The molecule has 1 aromatic carbocycles. The molecule has 0 saturated carbocycles. The zero-order valence-electron chi connectivity index (χ0n) is 12.1. The van der Waals surface area contributed by atoms with Gasteiger partial charge in [0.25, 0.3) is 5.56 Å². The summed E-state index contributed by atoms with van der Waals surface area (Å²) in [6, 6.07) is 5.48. The van der Waals surface area contributed by atoms with E-state index in [1.807, 2.05) is 39.8 Å². The van der Waals surface area contributed by atoms with Crippen LogP contribution in [0.5, 0.6) is 0 Å². The Balaban J connectivity index is 2.04. The van der Waals surface area contributed by atoms with Gasteiger partial charge in [0, 0.05) is 0 Å². The SMILES string of the molecule is CC1(C)OB(c2ccc3nc[nH]c(=O)c3c2)OC1(C)C. The second kappa shape index (κ2) is 4.17. The van der Waals surface area contributed by atoms with E-state index in [4.69, 9.17) is 9.31 Å². The summed E-state index contributed by atoms with van der Waals surface area (Å²) in [4.78, 5) is 18.5. The number of hydrogen-bond donors (Lipinski definition) is 1. The van der Waals surface area contributed by atoms with Crippen molar-refractivity contribution in [3.63, 3.8) is 0 Å². The lowest BCUT2D eigenvalue weighted by Crippen LogP contribution is -2.41. The molecular weight excluding hydrogens is 255 g/mol. The Labute approximate surface area is 117 Å². The van der Waals surface area contributed by atoms with Gasteiger partial charge in [-0.05, 0) is 45.3 Å². The Bertz CT molecular complexity index is 708. The van der Waals surface area contributed by atoms with Crippen LogP contribution in [0.3, 0.4) is 0 Å². The summed E-state index contributed by atoms with van der Waals surface area (Å²) in [5.74, 6) is 0. The van der Waals surface area contributed by atoms with Crippen LogP contribution in [-0.4, -0.2) is 28.3 Å². The van der Waals surface area contributed by atoms with E-state index in [1.54, 1.807) is 6.07 Å². The van der Waals surface area contributed by atoms with Crippen molar-refractivity contribution >= 4 is 23.5 Å². The molecular formula is C14H17BN2O3. The Morgan fingerprint density at radius 3 is 2.45 bits per heavy atom. The quantitative estimate of drug-likeness (QED) is 0.793. The number of nitrogens with zero attached hydrogens (tertiary/aromatic N) is 1. The number of hydrogen-bond acceptors (Lipinski definition) is 4. The highest BCUT2D eigenvalue weighted by atomic mass is 16.7. The van der Waals surface area contributed by atoms with E-state index in [-0.39, 0.29) is 5.56 Å². The molecule has 2 aromatic rings. The first-order valence-corrected chi connectivity index (χ1v) is 6.63. The number of fused-ring (bicyclic) bond motifs is 1. The van der Waals surface area contributed by atoms with Crippen LogP contribution in [0.15, 0.2) is 29.3 Å². The normalized spacial score (nSPS) is 20.5. The molecule has 1 aliphatic rings. The van der Waals surface area contributed by atoms with Gasteiger partial charge in [0.15, 0.2) is 0 Å². The minimum atomic E-state index is -0.469. The molecule has 0 spiro atoms. The maximum atomic E-state index is 11.8. The van der Waals surface area contributed by atoms with Crippen LogP contribution < -0.4 is 11.0 Å². The third-order valence-corrected chi connectivity index (χ3v) is 4.19. The molecule has 0 unspecified atom stereocenters. The molecule has 2 heterocycles. The molecule has 1 N–H and O–H groups in total. The molecule has 1 aromatic heterocycles. The second-order valence-electron chi connectivity index (χ2n) is 6.10. The molecule has 1 fully saturated rings. The van der Waals surface area contributed by atoms with Crippen LogP contribution >= 0.6 is 0 Å². The van der Waals surface area contributed by atoms with E-state index in [2.05, 4.69) is 9.97 Å². The Morgan fingerprint density at radius 2 is 1.80 bits per heavy atom. The lowest BCUT2D eigenvalue weighted by molar-refractivity contribution is 0.00578. The fraction of sp³-hybridized carbons (Fsp3) is 0.429. The number of aromatic nitrogens is 2. The first-order valence-electron chi connectivity index (χ1n) is 6.63.